The molecule has 0 rings (SSSR count). The summed E-state index contributed by atoms with van der Waals surface area (Å²) in [6, 6.07) is 0. The van der Waals surface area contributed by atoms with Crippen LogP contribution in [0.1, 0.15) is 6.42 Å². The van der Waals surface area contributed by atoms with Crippen molar-refractivity contribution in [3.05, 3.63) is 0 Å². The van der Waals surface area contributed by atoms with E-state index in [0.29, 0.717) is 0 Å². The maximum atomic E-state index is 11.6. The highest BCUT2D eigenvalue weighted by Gasteiger charge is 2.24. The number of amides is 1. The first-order chi connectivity index (χ1) is 5.37. The molecule has 0 saturated carbocycles. The molecule has 0 heterocycles. The summed E-state index contributed by atoms with van der Waals surface area (Å²) < 4.78 is 34.9. The zero-order chi connectivity index (χ0) is 9.78. The van der Waals surface area contributed by atoms with E-state index in [1.165, 1.54) is 14.2 Å². The summed E-state index contributed by atoms with van der Waals surface area (Å²) in [6.45, 7) is -4.87. The minimum Gasteiger partial charge on any atom is -0.449 e. The normalized spacial score (nSPS) is 11.4. The molecule has 0 radical (unpaired) electrons. The van der Waals surface area contributed by atoms with Gasteiger partial charge in [0.25, 0.3) is 0 Å². The van der Waals surface area contributed by atoms with Crippen molar-refractivity contribution in [2.45, 2.75) is 12.7 Å². The Bertz CT molecular complexity index is 161. The Morgan fingerprint density at radius 3 is 2.33 bits per heavy atom. The van der Waals surface area contributed by atoms with Gasteiger partial charge in [-0.3, -0.25) is 9.63 Å². The van der Waals surface area contributed by atoms with Gasteiger partial charge < -0.3 is 12.9 Å². The molecule has 0 aromatic heterocycles. The molecule has 0 atom stereocenters. The van der Waals surface area contributed by atoms with Gasteiger partial charge in [0.1, 0.15) is 0 Å². The van der Waals surface area contributed by atoms with Crippen molar-refractivity contribution in [1.29, 1.82) is 0 Å². The van der Waals surface area contributed by atoms with Crippen molar-refractivity contribution in [2.75, 3.05) is 14.2 Å². The number of hydrogen-bond donors (Lipinski definition) is 0. The summed E-state index contributed by atoms with van der Waals surface area (Å²) in [5.41, 5.74) is 0. The van der Waals surface area contributed by atoms with E-state index in [0.717, 1.165) is 5.06 Å². The second-order valence-electron chi connectivity index (χ2n) is 2.32. The summed E-state index contributed by atoms with van der Waals surface area (Å²) in [7, 11) is 2.49. The monoisotopic (exact) mass is 184 g/mol. The third-order valence-corrected chi connectivity index (χ3v) is 1.31. The fourth-order valence-corrected chi connectivity index (χ4v) is 0.546. The summed E-state index contributed by atoms with van der Waals surface area (Å²) in [5.74, 6) is -0.670. The molecule has 0 saturated heterocycles. The van der Waals surface area contributed by atoms with Gasteiger partial charge in [-0.05, 0) is 0 Å². The van der Waals surface area contributed by atoms with E-state index in [9.17, 15) is 17.7 Å². The molecule has 3 nitrogen and oxygen atoms in total. The smallest absolute Gasteiger partial charge is 0.449 e. The minimum atomic E-state index is -4.87. The Labute approximate surface area is 68.5 Å². The van der Waals surface area contributed by atoms with E-state index < -0.39 is 25.6 Å². The van der Waals surface area contributed by atoms with Crippen molar-refractivity contribution >= 4 is 12.9 Å². The van der Waals surface area contributed by atoms with E-state index in [2.05, 4.69) is 4.84 Å². The summed E-state index contributed by atoms with van der Waals surface area (Å²) in [4.78, 5) is 15.1. The van der Waals surface area contributed by atoms with Crippen LogP contribution in [0.25, 0.3) is 0 Å². The van der Waals surface area contributed by atoms with Crippen LogP contribution in [0.2, 0.25) is 6.32 Å². The van der Waals surface area contributed by atoms with Crippen LogP contribution in [0.3, 0.4) is 0 Å². The van der Waals surface area contributed by atoms with E-state index in [1.807, 2.05) is 0 Å². The van der Waals surface area contributed by atoms with Crippen LogP contribution in [-0.4, -0.2) is 32.1 Å². The third-order valence-electron chi connectivity index (χ3n) is 1.31. The average Bonchev–Trinajstić information content (AvgIpc) is 1.97. The van der Waals surface area contributed by atoms with Gasteiger partial charge in [0.15, 0.2) is 0 Å². The Morgan fingerprint density at radius 2 is 2.00 bits per heavy atom. The van der Waals surface area contributed by atoms with Crippen LogP contribution in [0, 0.1) is 0 Å². The Kier molecular flexibility index (Phi) is 4.09. The van der Waals surface area contributed by atoms with Crippen LogP contribution in [0.15, 0.2) is 0 Å². The largest absolute Gasteiger partial charge is 0.478 e. The standard InChI is InChI=1S/C5H10BF3NO2/c1-10(12-2)5(11)3-4-6(7,8)9/h3-4H2,1-2H3/q-1. The molecule has 0 fully saturated rings. The fraction of sp³-hybridized carbons (Fsp3) is 0.800. The van der Waals surface area contributed by atoms with Gasteiger partial charge in [-0.15, -0.1) is 0 Å². The first-order valence-corrected chi connectivity index (χ1v) is 3.38. The maximum Gasteiger partial charge on any atom is 0.478 e. The lowest BCUT2D eigenvalue weighted by atomic mass is 9.84. The molecule has 0 N–H and O–H groups in total. The molecular weight excluding hydrogens is 174 g/mol. The van der Waals surface area contributed by atoms with Crippen LogP contribution in [0.5, 0.6) is 0 Å². The lowest BCUT2D eigenvalue weighted by molar-refractivity contribution is -0.168. The molecule has 0 aliphatic rings. The van der Waals surface area contributed by atoms with E-state index in [4.69, 9.17) is 0 Å². The Balaban J connectivity index is 3.72. The van der Waals surface area contributed by atoms with Crippen molar-refractivity contribution in [3.63, 3.8) is 0 Å². The number of carbonyl (C=O) groups excluding carboxylic acids is 1. The molecule has 0 unspecified atom stereocenters. The number of halogens is 3. The molecule has 0 bridgehead atoms. The molecule has 0 spiro atoms. The number of rotatable bonds is 4. The van der Waals surface area contributed by atoms with Crippen LogP contribution >= 0.6 is 0 Å². The first kappa shape index (κ1) is 11.3. The van der Waals surface area contributed by atoms with E-state index in [1.54, 1.807) is 0 Å². The molecule has 0 aromatic rings. The van der Waals surface area contributed by atoms with Crippen molar-refractivity contribution in [2.24, 2.45) is 0 Å². The van der Waals surface area contributed by atoms with Crippen LogP contribution in [0.4, 0.5) is 12.9 Å². The highest BCUT2D eigenvalue weighted by molar-refractivity contribution is 6.58. The lowest BCUT2D eigenvalue weighted by Gasteiger charge is -2.16. The van der Waals surface area contributed by atoms with Gasteiger partial charge in [0.05, 0.1) is 7.11 Å². The molecule has 7 heteroatoms. The molecule has 1 amide bonds. The zero-order valence-electron chi connectivity index (χ0n) is 6.89. The van der Waals surface area contributed by atoms with Gasteiger partial charge in [0, 0.05) is 13.5 Å². The molecule has 0 aromatic carbocycles. The molecule has 0 aliphatic heterocycles. The SMILES string of the molecule is CON(C)C(=O)CC[B-](F)(F)F. The van der Waals surface area contributed by atoms with Gasteiger partial charge in [-0.25, -0.2) is 5.06 Å². The van der Waals surface area contributed by atoms with Gasteiger partial charge in [-0.2, -0.15) is 0 Å². The van der Waals surface area contributed by atoms with Gasteiger partial charge >= 0.3 is 6.98 Å². The van der Waals surface area contributed by atoms with Crippen molar-refractivity contribution in [3.8, 4) is 0 Å². The summed E-state index contributed by atoms with van der Waals surface area (Å²) in [6.07, 6.45) is -1.60. The summed E-state index contributed by atoms with van der Waals surface area (Å²) >= 11 is 0. The fourth-order valence-electron chi connectivity index (χ4n) is 0.546. The molecular formula is C5H10BF3NO2-. The second-order valence-corrected chi connectivity index (χ2v) is 2.32. The van der Waals surface area contributed by atoms with Gasteiger partial charge in [-0.1, -0.05) is 6.32 Å². The third kappa shape index (κ3) is 5.00. The zero-order valence-corrected chi connectivity index (χ0v) is 6.89. The number of carbonyl (C=O) groups is 1. The highest BCUT2D eigenvalue weighted by atomic mass is 19.4. The number of hydroxylamine groups is 2. The molecule has 72 valence electrons. The summed E-state index contributed by atoms with van der Waals surface area (Å²) in [5, 5.41) is 0.780. The number of nitrogens with zero attached hydrogens (tertiary/aromatic N) is 1. The predicted molar refractivity (Wildman–Crippen MR) is 38.3 cm³/mol. The van der Waals surface area contributed by atoms with Crippen LogP contribution in [-0.2, 0) is 9.63 Å². The Morgan fingerprint density at radius 1 is 1.50 bits per heavy atom. The Hall–Kier alpha value is -0.715. The predicted octanol–water partition coefficient (Wildman–Crippen LogP) is 1.24. The topological polar surface area (TPSA) is 29.5 Å². The average molecular weight is 184 g/mol. The highest BCUT2D eigenvalue weighted by Crippen LogP contribution is 2.17. The van der Waals surface area contributed by atoms with Gasteiger partial charge in [0.2, 0.25) is 5.91 Å². The molecule has 12 heavy (non-hydrogen) atoms. The maximum absolute atomic E-state index is 11.6. The number of hydrogen-bond acceptors (Lipinski definition) is 2. The second kappa shape index (κ2) is 4.35. The van der Waals surface area contributed by atoms with Crippen LogP contribution < -0.4 is 0 Å². The quantitative estimate of drug-likeness (QED) is 0.485. The first-order valence-electron chi connectivity index (χ1n) is 3.38. The lowest BCUT2D eigenvalue weighted by Crippen LogP contribution is -2.27. The van der Waals surface area contributed by atoms with Crippen molar-refractivity contribution in [1.82, 2.24) is 5.06 Å². The minimum absolute atomic E-state index is 0.548. The van der Waals surface area contributed by atoms with E-state index >= 15 is 0 Å². The van der Waals surface area contributed by atoms with E-state index in [-0.39, 0.29) is 0 Å². The molecule has 0 aliphatic carbocycles. The van der Waals surface area contributed by atoms with Crippen molar-refractivity contribution < 1.29 is 22.6 Å².